The molecule has 0 saturated carbocycles. The number of hydrogen-bond acceptors (Lipinski definition) is 5. The highest BCUT2D eigenvalue weighted by Gasteiger charge is 2.19. The van der Waals surface area contributed by atoms with Gasteiger partial charge in [0.1, 0.15) is 0 Å². The number of aryl methyl sites for hydroxylation is 1. The van der Waals surface area contributed by atoms with Crippen LogP contribution in [-0.4, -0.2) is 31.5 Å². The summed E-state index contributed by atoms with van der Waals surface area (Å²) in [5.41, 5.74) is 12.0. The van der Waals surface area contributed by atoms with Crippen molar-refractivity contribution in [1.29, 1.82) is 0 Å². The first-order chi connectivity index (χ1) is 11.2. The second-order valence-corrected chi connectivity index (χ2v) is 7.13. The van der Waals surface area contributed by atoms with E-state index in [9.17, 15) is 13.2 Å². The third kappa shape index (κ3) is 4.07. The summed E-state index contributed by atoms with van der Waals surface area (Å²) in [6.07, 6.45) is 4.21. The van der Waals surface area contributed by atoms with Crippen LogP contribution in [0.4, 0.5) is 11.4 Å². The molecule has 0 spiro atoms. The highest BCUT2D eigenvalue weighted by molar-refractivity contribution is 7.90. The lowest BCUT2D eigenvalue weighted by molar-refractivity contribution is 0.100. The fourth-order valence-corrected chi connectivity index (χ4v) is 2.93. The smallest absolute Gasteiger partial charge is 0.280 e. The summed E-state index contributed by atoms with van der Waals surface area (Å²) < 4.78 is 24.2. The monoisotopic (exact) mass is 347 g/mol. The van der Waals surface area contributed by atoms with E-state index in [0.717, 1.165) is 6.26 Å². The van der Waals surface area contributed by atoms with Gasteiger partial charge in [0.05, 0.1) is 22.5 Å². The molecule has 126 valence electrons. The molecular formula is C15H17N5O3S. The molecule has 0 unspecified atom stereocenters. The maximum Gasteiger partial charge on any atom is 0.280 e. The van der Waals surface area contributed by atoms with Crippen LogP contribution < -0.4 is 16.8 Å². The van der Waals surface area contributed by atoms with Crippen molar-refractivity contribution in [2.75, 3.05) is 11.6 Å². The minimum absolute atomic E-state index is 0.0360. The second kappa shape index (κ2) is 6.67. The first-order valence-electron chi connectivity index (χ1n) is 6.84. The van der Waals surface area contributed by atoms with E-state index in [4.69, 9.17) is 11.5 Å². The summed E-state index contributed by atoms with van der Waals surface area (Å²) in [5, 5.41) is 2.99. The van der Waals surface area contributed by atoms with Crippen molar-refractivity contribution in [1.82, 2.24) is 4.98 Å². The Hall–Kier alpha value is -2.94. The van der Waals surface area contributed by atoms with Crippen molar-refractivity contribution in [2.24, 2.45) is 16.5 Å². The Labute approximate surface area is 139 Å². The number of sulfone groups is 1. The Kier molecular flexibility index (Phi) is 4.84. The number of nitrogens with one attached hydrogen (secondary N) is 1. The van der Waals surface area contributed by atoms with Gasteiger partial charge in [-0.3, -0.25) is 9.78 Å². The van der Waals surface area contributed by atoms with Gasteiger partial charge in [0, 0.05) is 18.0 Å². The summed E-state index contributed by atoms with van der Waals surface area (Å²) in [6, 6.07) is 6.27. The third-order valence-corrected chi connectivity index (χ3v) is 4.26. The van der Waals surface area contributed by atoms with Gasteiger partial charge >= 0.3 is 0 Å². The molecule has 0 radical (unpaired) electrons. The third-order valence-electron chi connectivity index (χ3n) is 3.13. The Morgan fingerprint density at radius 1 is 1.29 bits per heavy atom. The van der Waals surface area contributed by atoms with E-state index in [0.29, 0.717) is 16.9 Å². The molecule has 1 aromatic heterocycles. The molecular weight excluding hydrogens is 330 g/mol. The molecule has 8 nitrogen and oxygen atoms in total. The molecule has 0 aliphatic carbocycles. The summed E-state index contributed by atoms with van der Waals surface area (Å²) >= 11 is 0. The summed E-state index contributed by atoms with van der Waals surface area (Å²) in [6.45, 7) is 1.66. The lowest BCUT2D eigenvalue weighted by atomic mass is 10.1. The van der Waals surface area contributed by atoms with Gasteiger partial charge in [0.2, 0.25) is 0 Å². The van der Waals surface area contributed by atoms with Crippen LogP contribution >= 0.6 is 0 Å². The minimum atomic E-state index is -3.60. The average molecular weight is 347 g/mol. The van der Waals surface area contributed by atoms with E-state index < -0.39 is 21.7 Å². The van der Waals surface area contributed by atoms with Crippen LogP contribution in [0.1, 0.15) is 15.9 Å². The molecule has 24 heavy (non-hydrogen) atoms. The number of nitrogens with zero attached hydrogens (tertiary/aromatic N) is 2. The standard InChI is InChI=1S/C15H17N5O3S/c1-9-6-12(19-10-4-3-5-18-8-10)13(24(2,22)23)7-11(9)14(21)20-15(16)17/h3-8,19H,1-2H3,(H4,16,17,20,21). The lowest BCUT2D eigenvalue weighted by Crippen LogP contribution is -2.24. The largest absolute Gasteiger partial charge is 0.370 e. The maximum absolute atomic E-state index is 12.1. The van der Waals surface area contributed by atoms with E-state index >= 15 is 0 Å². The van der Waals surface area contributed by atoms with E-state index in [1.807, 2.05) is 0 Å². The molecule has 5 N–H and O–H groups in total. The Morgan fingerprint density at radius 2 is 2.00 bits per heavy atom. The number of anilines is 2. The summed E-state index contributed by atoms with van der Waals surface area (Å²) in [4.78, 5) is 19.4. The molecule has 0 aliphatic heterocycles. The van der Waals surface area contributed by atoms with E-state index in [1.54, 1.807) is 37.5 Å². The minimum Gasteiger partial charge on any atom is -0.370 e. The molecule has 1 amide bonds. The fourth-order valence-electron chi connectivity index (χ4n) is 2.09. The van der Waals surface area contributed by atoms with Gasteiger partial charge < -0.3 is 16.8 Å². The number of carbonyl (C=O) groups excluding carboxylic acids is 1. The van der Waals surface area contributed by atoms with Gasteiger partial charge in [-0.05, 0) is 36.8 Å². The number of carbonyl (C=O) groups is 1. The average Bonchev–Trinajstić information content (AvgIpc) is 2.46. The van der Waals surface area contributed by atoms with Gasteiger partial charge in [-0.15, -0.1) is 0 Å². The molecule has 2 rings (SSSR count). The van der Waals surface area contributed by atoms with Crippen molar-refractivity contribution in [3.05, 3.63) is 47.8 Å². The van der Waals surface area contributed by atoms with Crippen molar-refractivity contribution in [3.63, 3.8) is 0 Å². The van der Waals surface area contributed by atoms with Crippen molar-refractivity contribution < 1.29 is 13.2 Å². The van der Waals surface area contributed by atoms with Crippen LogP contribution in [-0.2, 0) is 9.84 Å². The number of pyridine rings is 1. The predicted molar refractivity (Wildman–Crippen MR) is 91.9 cm³/mol. The van der Waals surface area contributed by atoms with Crippen LogP contribution in [0.2, 0.25) is 0 Å². The van der Waals surface area contributed by atoms with Crippen LogP contribution in [0.3, 0.4) is 0 Å². The normalized spacial score (nSPS) is 10.9. The van der Waals surface area contributed by atoms with Crippen LogP contribution in [0.5, 0.6) is 0 Å². The van der Waals surface area contributed by atoms with Crippen molar-refractivity contribution in [3.8, 4) is 0 Å². The van der Waals surface area contributed by atoms with Crippen LogP contribution in [0.15, 0.2) is 46.5 Å². The Bertz CT molecular complexity index is 904. The number of nitrogens with two attached hydrogens (primary N) is 2. The quantitative estimate of drug-likeness (QED) is 0.552. The SMILES string of the molecule is Cc1cc(Nc2cccnc2)c(S(C)(=O)=O)cc1C(=O)N=C(N)N. The Morgan fingerprint density at radius 3 is 2.54 bits per heavy atom. The number of hydrogen-bond donors (Lipinski definition) is 3. The zero-order valence-corrected chi connectivity index (χ0v) is 14.0. The van der Waals surface area contributed by atoms with E-state index in [1.165, 1.54) is 6.07 Å². The number of guanidine groups is 1. The van der Waals surface area contributed by atoms with Gasteiger partial charge in [-0.2, -0.15) is 4.99 Å². The Balaban J connectivity index is 2.58. The van der Waals surface area contributed by atoms with E-state index in [2.05, 4.69) is 15.3 Å². The molecule has 9 heteroatoms. The van der Waals surface area contributed by atoms with Gasteiger partial charge in [-0.1, -0.05) is 0 Å². The van der Waals surface area contributed by atoms with Crippen molar-refractivity contribution in [2.45, 2.75) is 11.8 Å². The van der Waals surface area contributed by atoms with E-state index in [-0.39, 0.29) is 10.5 Å². The molecule has 0 bridgehead atoms. The van der Waals surface area contributed by atoms with Gasteiger partial charge in [0.15, 0.2) is 15.8 Å². The highest BCUT2D eigenvalue weighted by Crippen LogP contribution is 2.28. The zero-order chi connectivity index (χ0) is 17.9. The number of amides is 1. The second-order valence-electron chi connectivity index (χ2n) is 5.14. The van der Waals surface area contributed by atoms with Crippen LogP contribution in [0.25, 0.3) is 0 Å². The summed E-state index contributed by atoms with van der Waals surface area (Å²) in [5.74, 6) is -1.09. The topological polar surface area (TPSA) is 141 Å². The van der Waals surface area contributed by atoms with Gasteiger partial charge in [0.25, 0.3) is 5.91 Å². The number of aliphatic imine (C=N–C) groups is 1. The molecule has 0 aliphatic rings. The van der Waals surface area contributed by atoms with Gasteiger partial charge in [-0.25, -0.2) is 8.42 Å². The molecule has 2 aromatic rings. The molecule has 0 atom stereocenters. The molecule has 0 fully saturated rings. The zero-order valence-electron chi connectivity index (χ0n) is 13.1. The summed E-state index contributed by atoms with van der Waals surface area (Å²) in [7, 11) is -3.60. The first kappa shape index (κ1) is 17.4. The molecule has 1 aromatic carbocycles. The lowest BCUT2D eigenvalue weighted by Gasteiger charge is -2.14. The predicted octanol–water partition coefficient (Wildman–Crippen LogP) is 0.951. The number of rotatable bonds is 4. The fraction of sp³-hybridized carbons (Fsp3) is 0.133. The highest BCUT2D eigenvalue weighted by atomic mass is 32.2. The molecule has 1 heterocycles. The number of benzene rings is 1. The number of aromatic nitrogens is 1. The molecule has 0 saturated heterocycles. The van der Waals surface area contributed by atoms with Crippen LogP contribution in [0, 0.1) is 6.92 Å². The maximum atomic E-state index is 12.1. The first-order valence-corrected chi connectivity index (χ1v) is 8.73. The van der Waals surface area contributed by atoms with Crippen molar-refractivity contribution >= 4 is 33.1 Å².